The molecule has 1 heterocycles. The second-order valence-corrected chi connectivity index (χ2v) is 5.63. The number of aromatic nitrogens is 3. The number of halogens is 1. The lowest BCUT2D eigenvalue weighted by atomic mass is 10.2. The molecule has 0 fully saturated rings. The van der Waals surface area contributed by atoms with Gasteiger partial charge < -0.3 is 15.4 Å². The number of esters is 1. The Labute approximate surface area is 155 Å². The Morgan fingerprint density at radius 3 is 2.81 bits per heavy atom. The molecule has 0 atom stereocenters. The van der Waals surface area contributed by atoms with E-state index >= 15 is 0 Å². The molecule has 0 aliphatic carbocycles. The number of anilines is 4. The summed E-state index contributed by atoms with van der Waals surface area (Å²) in [6.07, 6.45) is 1.46. The van der Waals surface area contributed by atoms with Gasteiger partial charge in [-0.1, -0.05) is 29.8 Å². The van der Waals surface area contributed by atoms with Gasteiger partial charge in [0, 0.05) is 10.7 Å². The molecule has 0 spiro atoms. The summed E-state index contributed by atoms with van der Waals surface area (Å²) in [6.45, 7) is 2.06. The second-order valence-electron chi connectivity index (χ2n) is 5.19. The summed E-state index contributed by atoms with van der Waals surface area (Å²) in [5.74, 6) is 0.321. The maximum atomic E-state index is 12.1. The summed E-state index contributed by atoms with van der Waals surface area (Å²) in [7, 11) is 0. The van der Waals surface area contributed by atoms with Crippen molar-refractivity contribution in [2.45, 2.75) is 6.92 Å². The van der Waals surface area contributed by atoms with Crippen LogP contribution >= 0.6 is 11.6 Å². The summed E-state index contributed by atoms with van der Waals surface area (Å²) < 4.78 is 5.07. The van der Waals surface area contributed by atoms with Crippen LogP contribution in [-0.2, 0) is 4.74 Å². The quantitative estimate of drug-likeness (QED) is 0.629. The minimum atomic E-state index is -0.408. The number of nitrogens with one attached hydrogen (secondary N) is 2. The first kappa shape index (κ1) is 17.6. The maximum Gasteiger partial charge on any atom is 0.340 e. The predicted molar refractivity (Wildman–Crippen MR) is 100 cm³/mol. The number of hydrogen-bond acceptors (Lipinski definition) is 7. The van der Waals surface area contributed by atoms with Crippen LogP contribution in [0.3, 0.4) is 0 Å². The van der Waals surface area contributed by atoms with Gasteiger partial charge in [-0.2, -0.15) is 10.1 Å². The van der Waals surface area contributed by atoms with E-state index in [0.717, 1.165) is 5.69 Å². The first-order valence-corrected chi connectivity index (χ1v) is 8.29. The fourth-order valence-electron chi connectivity index (χ4n) is 2.23. The first-order valence-electron chi connectivity index (χ1n) is 7.91. The molecule has 1 aromatic heterocycles. The predicted octanol–water partition coefficient (Wildman–Crippen LogP) is 4.19. The molecule has 0 radical (unpaired) electrons. The van der Waals surface area contributed by atoms with Gasteiger partial charge in [0.25, 0.3) is 0 Å². The van der Waals surface area contributed by atoms with Gasteiger partial charge in [0.15, 0.2) is 5.82 Å². The van der Waals surface area contributed by atoms with Gasteiger partial charge in [0.1, 0.15) is 0 Å². The van der Waals surface area contributed by atoms with E-state index in [2.05, 4.69) is 25.8 Å². The number of para-hydroxylation sites is 1. The van der Waals surface area contributed by atoms with Gasteiger partial charge >= 0.3 is 5.97 Å². The average molecular weight is 370 g/mol. The Bertz CT molecular complexity index is 919. The molecule has 132 valence electrons. The SMILES string of the molecule is CCOC(=O)c1ccccc1Nc1cnnc(Nc2cccc(Cl)c2)n1. The monoisotopic (exact) mass is 369 g/mol. The Hall–Kier alpha value is -3.19. The Morgan fingerprint density at radius 2 is 2.00 bits per heavy atom. The van der Waals surface area contributed by atoms with E-state index in [1.54, 1.807) is 37.3 Å². The van der Waals surface area contributed by atoms with Crippen LogP contribution in [0.15, 0.2) is 54.7 Å². The van der Waals surface area contributed by atoms with Gasteiger partial charge in [0.05, 0.1) is 24.1 Å². The van der Waals surface area contributed by atoms with Crippen LogP contribution in [-0.4, -0.2) is 27.8 Å². The van der Waals surface area contributed by atoms with Crippen molar-refractivity contribution in [1.29, 1.82) is 0 Å². The third-order valence-electron chi connectivity index (χ3n) is 3.32. The number of benzene rings is 2. The van der Waals surface area contributed by atoms with Crippen LogP contribution in [0.4, 0.5) is 23.1 Å². The maximum absolute atomic E-state index is 12.1. The van der Waals surface area contributed by atoms with Crippen LogP contribution < -0.4 is 10.6 Å². The standard InChI is InChI=1S/C18H16ClN5O2/c1-2-26-17(25)14-8-3-4-9-15(14)22-16-11-20-24-18(23-16)21-13-7-5-6-12(19)10-13/h3-11H,2H2,1H3,(H2,21,22,23,24). The lowest BCUT2D eigenvalue weighted by Gasteiger charge is -2.11. The van der Waals surface area contributed by atoms with Crippen molar-refractivity contribution in [3.63, 3.8) is 0 Å². The molecular weight excluding hydrogens is 354 g/mol. The molecule has 0 amide bonds. The summed E-state index contributed by atoms with van der Waals surface area (Å²) in [6, 6.07) is 14.2. The highest BCUT2D eigenvalue weighted by Gasteiger charge is 2.12. The number of hydrogen-bond donors (Lipinski definition) is 2. The molecule has 0 unspecified atom stereocenters. The lowest BCUT2D eigenvalue weighted by molar-refractivity contribution is 0.0527. The van der Waals surface area contributed by atoms with E-state index in [9.17, 15) is 4.79 Å². The van der Waals surface area contributed by atoms with Crippen molar-refractivity contribution < 1.29 is 9.53 Å². The third-order valence-corrected chi connectivity index (χ3v) is 3.56. The third kappa shape index (κ3) is 4.46. The van der Waals surface area contributed by atoms with E-state index in [1.165, 1.54) is 6.20 Å². The van der Waals surface area contributed by atoms with E-state index in [4.69, 9.17) is 16.3 Å². The van der Waals surface area contributed by atoms with Crippen molar-refractivity contribution >= 4 is 40.7 Å². The van der Waals surface area contributed by atoms with Gasteiger partial charge in [-0.15, -0.1) is 5.10 Å². The van der Waals surface area contributed by atoms with Crippen molar-refractivity contribution in [3.8, 4) is 0 Å². The van der Waals surface area contributed by atoms with Crippen molar-refractivity contribution in [2.24, 2.45) is 0 Å². The zero-order valence-corrected chi connectivity index (χ0v) is 14.7. The number of carbonyl (C=O) groups is 1. The summed E-state index contributed by atoms with van der Waals surface area (Å²) in [4.78, 5) is 16.4. The number of carbonyl (C=O) groups excluding carboxylic acids is 1. The molecule has 0 aliphatic heterocycles. The Kier molecular flexibility index (Phi) is 5.60. The van der Waals surface area contributed by atoms with Gasteiger partial charge in [-0.3, -0.25) is 0 Å². The van der Waals surface area contributed by atoms with Gasteiger partial charge in [0.2, 0.25) is 5.95 Å². The zero-order valence-electron chi connectivity index (χ0n) is 13.9. The van der Waals surface area contributed by atoms with Crippen molar-refractivity contribution in [2.75, 3.05) is 17.2 Å². The molecular formula is C18H16ClN5O2. The largest absolute Gasteiger partial charge is 0.462 e. The van der Waals surface area contributed by atoms with E-state index in [-0.39, 0.29) is 0 Å². The number of rotatable bonds is 6. The summed E-state index contributed by atoms with van der Waals surface area (Å²) >= 11 is 5.97. The number of nitrogens with zero attached hydrogens (tertiary/aromatic N) is 3. The van der Waals surface area contributed by atoms with Crippen LogP contribution in [0, 0.1) is 0 Å². The fourth-order valence-corrected chi connectivity index (χ4v) is 2.42. The zero-order chi connectivity index (χ0) is 18.4. The molecule has 2 aromatic carbocycles. The molecule has 0 aliphatic rings. The molecule has 0 saturated heterocycles. The Morgan fingerprint density at radius 1 is 1.15 bits per heavy atom. The molecule has 26 heavy (non-hydrogen) atoms. The minimum Gasteiger partial charge on any atom is -0.462 e. The smallest absolute Gasteiger partial charge is 0.340 e. The van der Waals surface area contributed by atoms with Crippen LogP contribution in [0.5, 0.6) is 0 Å². The first-order chi connectivity index (χ1) is 12.7. The summed E-state index contributed by atoms with van der Waals surface area (Å²) in [5, 5.41) is 14.6. The van der Waals surface area contributed by atoms with Crippen molar-refractivity contribution in [3.05, 3.63) is 65.3 Å². The molecule has 2 N–H and O–H groups in total. The van der Waals surface area contributed by atoms with E-state index in [1.807, 2.05) is 18.2 Å². The molecule has 0 saturated carbocycles. The highest BCUT2D eigenvalue weighted by atomic mass is 35.5. The van der Waals surface area contributed by atoms with Gasteiger partial charge in [-0.25, -0.2) is 4.79 Å². The highest BCUT2D eigenvalue weighted by molar-refractivity contribution is 6.30. The van der Waals surface area contributed by atoms with Crippen LogP contribution in [0.1, 0.15) is 17.3 Å². The molecule has 7 nitrogen and oxygen atoms in total. The van der Waals surface area contributed by atoms with Gasteiger partial charge in [-0.05, 0) is 37.3 Å². The van der Waals surface area contributed by atoms with E-state index < -0.39 is 5.97 Å². The fraction of sp³-hybridized carbons (Fsp3) is 0.111. The molecule has 3 rings (SSSR count). The van der Waals surface area contributed by atoms with E-state index in [0.29, 0.717) is 34.6 Å². The highest BCUT2D eigenvalue weighted by Crippen LogP contribution is 2.22. The topological polar surface area (TPSA) is 89.0 Å². The lowest BCUT2D eigenvalue weighted by Crippen LogP contribution is -2.09. The minimum absolute atomic E-state index is 0.297. The second kappa shape index (κ2) is 8.26. The molecule has 3 aromatic rings. The Balaban J connectivity index is 1.80. The van der Waals surface area contributed by atoms with Crippen LogP contribution in [0.2, 0.25) is 5.02 Å². The van der Waals surface area contributed by atoms with Crippen LogP contribution in [0.25, 0.3) is 0 Å². The number of ether oxygens (including phenoxy) is 1. The molecule has 0 bridgehead atoms. The normalized spacial score (nSPS) is 10.2. The molecule has 8 heteroatoms. The van der Waals surface area contributed by atoms with Crippen molar-refractivity contribution in [1.82, 2.24) is 15.2 Å². The average Bonchev–Trinajstić information content (AvgIpc) is 2.63. The summed E-state index contributed by atoms with van der Waals surface area (Å²) in [5.41, 5.74) is 1.72.